The predicted molar refractivity (Wildman–Crippen MR) is 70.6 cm³/mol. The number of carbonyl (C=O) groups excluding carboxylic acids is 1. The van der Waals surface area contributed by atoms with Gasteiger partial charge in [0.25, 0.3) is 0 Å². The molecule has 1 aliphatic rings. The van der Waals surface area contributed by atoms with Crippen molar-refractivity contribution in [1.82, 2.24) is 10.2 Å². The van der Waals surface area contributed by atoms with Gasteiger partial charge in [-0.15, -0.1) is 0 Å². The van der Waals surface area contributed by atoms with Gasteiger partial charge in [-0.25, -0.2) is 0 Å². The lowest BCUT2D eigenvalue weighted by molar-refractivity contribution is -0.122. The van der Waals surface area contributed by atoms with Crippen molar-refractivity contribution in [2.45, 2.75) is 18.9 Å². The molecule has 0 bridgehead atoms. The number of hydrogen-bond acceptors (Lipinski definition) is 3. The van der Waals surface area contributed by atoms with Crippen LogP contribution >= 0.6 is 0 Å². The third kappa shape index (κ3) is 3.47. The van der Waals surface area contributed by atoms with Crippen molar-refractivity contribution in [2.24, 2.45) is 0 Å². The van der Waals surface area contributed by atoms with Crippen molar-refractivity contribution in [1.29, 1.82) is 0 Å². The number of carbonyl (C=O) groups is 1. The molecule has 0 aliphatic carbocycles. The molecular formula is C14H20N2O2. The molecule has 0 spiro atoms. The minimum Gasteiger partial charge on any atom is -0.492 e. The van der Waals surface area contributed by atoms with Crippen molar-refractivity contribution in [3.05, 3.63) is 30.3 Å². The van der Waals surface area contributed by atoms with E-state index in [0.717, 1.165) is 25.1 Å². The number of nitrogens with zero attached hydrogens (tertiary/aromatic N) is 1. The predicted octanol–water partition coefficient (Wildman–Crippen LogP) is 1.28. The van der Waals surface area contributed by atoms with Gasteiger partial charge in [0.05, 0.1) is 6.54 Å². The molecule has 18 heavy (non-hydrogen) atoms. The van der Waals surface area contributed by atoms with E-state index in [4.69, 9.17) is 4.74 Å². The van der Waals surface area contributed by atoms with E-state index >= 15 is 0 Å². The van der Waals surface area contributed by atoms with Crippen LogP contribution in [0.5, 0.6) is 5.75 Å². The van der Waals surface area contributed by atoms with Crippen molar-refractivity contribution in [2.75, 3.05) is 26.7 Å². The summed E-state index contributed by atoms with van der Waals surface area (Å²) in [6.07, 6.45) is 2.24. The smallest absolute Gasteiger partial charge is 0.233 e. The average molecular weight is 248 g/mol. The molecule has 1 amide bonds. The lowest BCUT2D eigenvalue weighted by Crippen LogP contribution is -2.41. The second-order valence-electron chi connectivity index (χ2n) is 4.56. The fourth-order valence-corrected chi connectivity index (χ4v) is 2.26. The number of likely N-dealkylation sites (tertiary alicyclic amines) is 1. The number of likely N-dealkylation sites (N-methyl/N-ethyl adjacent to an activating group) is 1. The zero-order valence-electron chi connectivity index (χ0n) is 10.8. The summed E-state index contributed by atoms with van der Waals surface area (Å²) in [5.41, 5.74) is 0. The number of benzene rings is 1. The minimum atomic E-state index is 0.0709. The van der Waals surface area contributed by atoms with Gasteiger partial charge in [0.2, 0.25) is 5.91 Å². The van der Waals surface area contributed by atoms with Gasteiger partial charge < -0.3 is 10.1 Å². The molecule has 1 aliphatic heterocycles. The van der Waals surface area contributed by atoms with Gasteiger partial charge in [-0.05, 0) is 31.5 Å². The largest absolute Gasteiger partial charge is 0.492 e. The number of rotatable bonds is 5. The Hall–Kier alpha value is -1.55. The molecule has 1 aromatic carbocycles. The number of amides is 1. The zero-order valence-corrected chi connectivity index (χ0v) is 10.8. The average Bonchev–Trinajstić information content (AvgIpc) is 2.84. The van der Waals surface area contributed by atoms with E-state index in [9.17, 15) is 4.79 Å². The van der Waals surface area contributed by atoms with Crippen LogP contribution in [0.1, 0.15) is 12.8 Å². The monoisotopic (exact) mass is 248 g/mol. The highest BCUT2D eigenvalue weighted by Crippen LogP contribution is 2.18. The van der Waals surface area contributed by atoms with Gasteiger partial charge >= 0.3 is 0 Å². The van der Waals surface area contributed by atoms with Gasteiger partial charge in [0.15, 0.2) is 0 Å². The molecule has 4 nitrogen and oxygen atoms in total. The van der Waals surface area contributed by atoms with E-state index in [1.807, 2.05) is 30.3 Å². The molecule has 1 N–H and O–H groups in total. The number of nitrogens with one attached hydrogen (secondary N) is 1. The standard InChI is InChI=1S/C14H20N2O2/c1-15-14(17)10-16-9-5-6-12(16)11-18-13-7-3-2-4-8-13/h2-4,7-8,12H,5-6,9-11H2,1H3,(H,15,17)/t12-/m0/s1. The quantitative estimate of drug-likeness (QED) is 0.853. The van der Waals surface area contributed by atoms with E-state index in [-0.39, 0.29) is 5.91 Å². The summed E-state index contributed by atoms with van der Waals surface area (Å²) < 4.78 is 5.76. The van der Waals surface area contributed by atoms with Crippen molar-refractivity contribution in [3.8, 4) is 5.75 Å². The van der Waals surface area contributed by atoms with Gasteiger partial charge in [-0.1, -0.05) is 18.2 Å². The van der Waals surface area contributed by atoms with Crippen molar-refractivity contribution >= 4 is 5.91 Å². The first kappa shape index (κ1) is 12.9. The molecule has 1 saturated heterocycles. The maximum Gasteiger partial charge on any atom is 0.233 e. The second-order valence-corrected chi connectivity index (χ2v) is 4.56. The van der Waals surface area contributed by atoms with E-state index in [1.165, 1.54) is 0 Å². The van der Waals surface area contributed by atoms with Crippen molar-refractivity contribution in [3.63, 3.8) is 0 Å². The summed E-state index contributed by atoms with van der Waals surface area (Å²) in [6, 6.07) is 10.2. The molecular weight excluding hydrogens is 228 g/mol. The normalized spacial score (nSPS) is 19.7. The van der Waals surface area contributed by atoms with Crippen LogP contribution < -0.4 is 10.1 Å². The van der Waals surface area contributed by atoms with Gasteiger partial charge in [0, 0.05) is 13.1 Å². The Kier molecular flexibility index (Phi) is 4.59. The first-order chi connectivity index (χ1) is 8.79. The third-order valence-corrected chi connectivity index (χ3v) is 3.31. The van der Waals surface area contributed by atoms with Crippen LogP contribution in [-0.2, 0) is 4.79 Å². The molecule has 2 rings (SSSR count). The highest BCUT2D eigenvalue weighted by atomic mass is 16.5. The Morgan fingerprint density at radius 3 is 2.94 bits per heavy atom. The fraction of sp³-hybridized carbons (Fsp3) is 0.500. The minimum absolute atomic E-state index is 0.0709. The van der Waals surface area contributed by atoms with Crippen LogP contribution in [0.4, 0.5) is 0 Å². The zero-order chi connectivity index (χ0) is 12.8. The maximum atomic E-state index is 11.4. The molecule has 1 aromatic rings. The van der Waals surface area contributed by atoms with Gasteiger partial charge in [-0.3, -0.25) is 9.69 Å². The Morgan fingerprint density at radius 2 is 2.22 bits per heavy atom. The van der Waals surface area contributed by atoms with Crippen LogP contribution in [-0.4, -0.2) is 43.6 Å². The molecule has 0 unspecified atom stereocenters. The molecule has 4 heteroatoms. The molecule has 0 aromatic heterocycles. The van der Waals surface area contributed by atoms with Gasteiger partial charge in [0.1, 0.15) is 12.4 Å². The van der Waals surface area contributed by atoms with Crippen LogP contribution in [0, 0.1) is 0 Å². The van der Waals surface area contributed by atoms with Crippen LogP contribution in [0.3, 0.4) is 0 Å². The lowest BCUT2D eigenvalue weighted by atomic mass is 10.2. The molecule has 0 radical (unpaired) electrons. The molecule has 1 atom stereocenters. The Bertz CT molecular complexity index is 381. The molecule has 1 heterocycles. The van der Waals surface area contributed by atoms with E-state index in [1.54, 1.807) is 7.05 Å². The van der Waals surface area contributed by atoms with Crippen LogP contribution in [0.2, 0.25) is 0 Å². The second kappa shape index (κ2) is 6.40. The Balaban J connectivity index is 1.83. The Morgan fingerprint density at radius 1 is 1.44 bits per heavy atom. The lowest BCUT2D eigenvalue weighted by Gasteiger charge is -2.23. The van der Waals surface area contributed by atoms with Crippen LogP contribution in [0.15, 0.2) is 30.3 Å². The number of para-hydroxylation sites is 1. The summed E-state index contributed by atoms with van der Waals surface area (Å²) in [4.78, 5) is 13.6. The third-order valence-electron chi connectivity index (χ3n) is 3.31. The van der Waals surface area contributed by atoms with Gasteiger partial charge in [-0.2, -0.15) is 0 Å². The highest BCUT2D eigenvalue weighted by Gasteiger charge is 2.26. The van der Waals surface area contributed by atoms with E-state index in [2.05, 4.69) is 10.2 Å². The van der Waals surface area contributed by atoms with Crippen LogP contribution in [0.25, 0.3) is 0 Å². The van der Waals surface area contributed by atoms with Crippen molar-refractivity contribution < 1.29 is 9.53 Å². The maximum absolute atomic E-state index is 11.4. The first-order valence-corrected chi connectivity index (χ1v) is 6.42. The number of hydrogen-bond donors (Lipinski definition) is 1. The Labute approximate surface area is 108 Å². The SMILES string of the molecule is CNC(=O)CN1CCC[C@H]1COc1ccccc1. The summed E-state index contributed by atoms with van der Waals surface area (Å²) in [7, 11) is 1.67. The first-order valence-electron chi connectivity index (χ1n) is 6.42. The summed E-state index contributed by atoms with van der Waals surface area (Å²) in [5.74, 6) is 0.964. The summed E-state index contributed by atoms with van der Waals surface area (Å²) in [6.45, 7) is 2.11. The molecule has 1 fully saturated rings. The van der Waals surface area contributed by atoms with E-state index in [0.29, 0.717) is 19.2 Å². The highest BCUT2D eigenvalue weighted by molar-refractivity contribution is 5.77. The molecule has 98 valence electrons. The topological polar surface area (TPSA) is 41.6 Å². The van der Waals surface area contributed by atoms with E-state index < -0.39 is 0 Å². The number of ether oxygens (including phenoxy) is 1. The summed E-state index contributed by atoms with van der Waals surface area (Å²) >= 11 is 0. The molecule has 0 saturated carbocycles. The summed E-state index contributed by atoms with van der Waals surface area (Å²) in [5, 5.41) is 2.66. The fourth-order valence-electron chi connectivity index (χ4n) is 2.26.